The lowest BCUT2D eigenvalue weighted by Crippen LogP contribution is -2.10. The molecule has 3 aromatic heterocycles. The van der Waals surface area contributed by atoms with Gasteiger partial charge in [0.25, 0.3) is 0 Å². The van der Waals surface area contributed by atoms with E-state index in [1.807, 2.05) is 0 Å². The summed E-state index contributed by atoms with van der Waals surface area (Å²) in [5, 5.41) is -0.367. The highest BCUT2D eigenvalue weighted by atomic mass is 32.1. The summed E-state index contributed by atoms with van der Waals surface area (Å²) in [7, 11) is 0. The van der Waals surface area contributed by atoms with Crippen LogP contribution in [0.15, 0.2) is 160 Å². The second-order valence-corrected chi connectivity index (χ2v) is 11.2. The van der Waals surface area contributed by atoms with Gasteiger partial charge in [0.05, 0.1) is 38.5 Å². The number of benzene rings is 7. The number of hydrogen-bond acceptors (Lipinski definition) is 4. The van der Waals surface area contributed by atoms with Crippen molar-refractivity contribution in [2.75, 3.05) is 4.90 Å². The summed E-state index contributed by atoms with van der Waals surface area (Å²) >= 11 is 0.807. The van der Waals surface area contributed by atoms with E-state index in [-0.39, 0.29) is 81.1 Å². The van der Waals surface area contributed by atoms with Gasteiger partial charge >= 0.3 is 0 Å². The first-order valence-corrected chi connectivity index (χ1v) is 14.6. The fourth-order valence-electron chi connectivity index (χ4n) is 5.62. The predicted molar refractivity (Wildman–Crippen MR) is 194 cm³/mol. The second-order valence-electron chi connectivity index (χ2n) is 10.2. The van der Waals surface area contributed by atoms with Crippen molar-refractivity contribution in [1.82, 2.24) is 0 Å². The fourth-order valence-corrected chi connectivity index (χ4v) is 6.54. The minimum absolute atomic E-state index is 0.00863. The summed E-state index contributed by atoms with van der Waals surface area (Å²) < 4.78 is 188. The zero-order chi connectivity index (χ0) is 47.6. The number of furan rings is 2. The van der Waals surface area contributed by atoms with Crippen LogP contribution in [0.25, 0.3) is 75.2 Å². The molecule has 0 aliphatic rings. The van der Waals surface area contributed by atoms with Crippen molar-refractivity contribution in [3.63, 3.8) is 0 Å². The molecule has 0 N–H and O–H groups in total. The lowest BCUT2D eigenvalue weighted by atomic mass is 10.0. The molecule has 0 amide bonds. The number of para-hydroxylation sites is 2. The van der Waals surface area contributed by atoms with Crippen molar-refractivity contribution >= 4 is 92.4 Å². The van der Waals surface area contributed by atoms with E-state index in [0.717, 1.165) is 17.4 Å². The Balaban J connectivity index is 1.32. The van der Waals surface area contributed by atoms with Crippen LogP contribution in [0.2, 0.25) is 0 Å². The van der Waals surface area contributed by atoms with Crippen molar-refractivity contribution in [3.05, 3.63) is 151 Å². The quantitative estimate of drug-likeness (QED) is 0.194. The smallest absolute Gasteiger partial charge is 0.137 e. The molecule has 0 unspecified atom stereocenters. The van der Waals surface area contributed by atoms with Gasteiger partial charge in [0.15, 0.2) is 0 Å². The number of nitrogens with zero attached hydrogens (tertiary/aromatic N) is 1. The molecule has 0 spiro atoms. The van der Waals surface area contributed by atoms with E-state index in [0.29, 0.717) is 0 Å². The van der Waals surface area contributed by atoms with Gasteiger partial charge in [-0.25, -0.2) is 0 Å². The molecule has 46 heavy (non-hydrogen) atoms. The lowest BCUT2D eigenvalue weighted by Gasteiger charge is -2.26. The summed E-state index contributed by atoms with van der Waals surface area (Å²) in [6.07, 6.45) is 0. The maximum absolute atomic E-state index is 9.63. The number of anilines is 3. The molecule has 0 radical (unpaired) electrons. The molecule has 3 nitrogen and oxygen atoms in total. The van der Waals surface area contributed by atoms with E-state index in [9.17, 15) is 4.11 Å². The minimum Gasteiger partial charge on any atom is -0.456 e. The van der Waals surface area contributed by atoms with E-state index in [2.05, 4.69) is 0 Å². The van der Waals surface area contributed by atoms with Gasteiger partial charge in [0.1, 0.15) is 22.3 Å². The first-order chi connectivity index (χ1) is 31.1. The molecule has 216 valence electrons. The van der Waals surface area contributed by atoms with Crippen LogP contribution in [0.1, 0.15) is 27.4 Å². The zero-order valence-corrected chi connectivity index (χ0v) is 23.9. The molecule has 0 saturated heterocycles. The zero-order valence-electron chi connectivity index (χ0n) is 43.1. The standard InChI is InChI=1S/C42H25NO2S/c1-2-9-28(10-3-1)43(35-13-8-15-39-42(35)31-12-4-6-14-36(31)45-39)29-19-21-38-33(25-29)32-23-26(17-20-37(32)44-38)27-18-22-41-34(24-27)30-11-5-7-16-40(30)46-41/h1-25H/i1D,2D,3D,4D,5D,6D,7D,8D,9D,11D,13D,14D,15D,16D,17D,18D,20D,22D,23D,24D. The van der Waals surface area contributed by atoms with Gasteiger partial charge in [0.2, 0.25) is 0 Å². The Morgan fingerprint density at radius 3 is 2.22 bits per heavy atom. The van der Waals surface area contributed by atoms with Crippen LogP contribution in [-0.2, 0) is 0 Å². The molecule has 4 heteroatoms. The average molecular weight is 628 g/mol. The monoisotopic (exact) mass is 627 g/mol. The molecule has 3 heterocycles. The molecule has 0 atom stereocenters. The highest BCUT2D eigenvalue weighted by Crippen LogP contribution is 2.44. The Kier molecular flexibility index (Phi) is 2.75. The van der Waals surface area contributed by atoms with E-state index >= 15 is 0 Å². The number of hydrogen-bond donors (Lipinski definition) is 0. The molecule has 0 aliphatic heterocycles. The number of rotatable bonds is 4. The summed E-state index contributed by atoms with van der Waals surface area (Å²) in [5.41, 5.74) is -2.24. The van der Waals surface area contributed by atoms with Gasteiger partial charge in [-0.05, 0) is 89.8 Å². The third-order valence-electron chi connectivity index (χ3n) is 7.62. The molecule has 10 rings (SSSR count). The first kappa shape index (κ1) is 12.9. The van der Waals surface area contributed by atoms with Crippen LogP contribution < -0.4 is 4.90 Å². The van der Waals surface area contributed by atoms with Crippen molar-refractivity contribution < 1.29 is 36.2 Å². The maximum atomic E-state index is 9.63. The van der Waals surface area contributed by atoms with Crippen LogP contribution in [0.3, 0.4) is 0 Å². The summed E-state index contributed by atoms with van der Waals surface area (Å²) in [6.45, 7) is 0. The molecular weight excluding hydrogens is 583 g/mol. The topological polar surface area (TPSA) is 29.5 Å². The van der Waals surface area contributed by atoms with Gasteiger partial charge in [-0.15, -0.1) is 11.3 Å². The van der Waals surface area contributed by atoms with Crippen LogP contribution in [0.4, 0.5) is 17.1 Å². The number of thiophene rings is 1. The van der Waals surface area contributed by atoms with Gasteiger partial charge in [0, 0.05) is 47.7 Å². The molecule has 10 aromatic rings. The fraction of sp³-hybridized carbons (Fsp3) is 0. The molecule has 0 aliphatic carbocycles. The summed E-state index contributed by atoms with van der Waals surface area (Å²) in [5.74, 6) is 0. The van der Waals surface area contributed by atoms with E-state index in [4.69, 9.17) is 32.1 Å². The van der Waals surface area contributed by atoms with Crippen LogP contribution in [-0.4, -0.2) is 0 Å². The summed E-state index contributed by atoms with van der Waals surface area (Å²) in [6, 6.07) is -4.67. The molecule has 7 aromatic carbocycles. The normalized spacial score (nSPS) is 18.0. The highest BCUT2D eigenvalue weighted by Gasteiger charge is 2.20. The molecular formula is C42H25NO2S. The van der Waals surface area contributed by atoms with E-state index in [1.165, 1.54) is 29.2 Å². The lowest BCUT2D eigenvalue weighted by molar-refractivity contribution is 0.668. The Hall–Kier alpha value is -5.84. The van der Waals surface area contributed by atoms with Gasteiger partial charge in [-0.2, -0.15) is 0 Å². The predicted octanol–water partition coefficient (Wildman–Crippen LogP) is 13.0. The third kappa shape index (κ3) is 3.84. The average Bonchev–Trinajstić information content (AvgIpc) is 4.00. The van der Waals surface area contributed by atoms with Gasteiger partial charge in [-0.1, -0.05) is 72.5 Å². The van der Waals surface area contributed by atoms with E-state index < -0.39 is 132 Å². The van der Waals surface area contributed by atoms with Crippen molar-refractivity contribution in [1.29, 1.82) is 0 Å². The Labute approximate surface area is 296 Å². The SMILES string of the molecule is [2H]c1cc(N(c2ccc3oc4c([2H])c([2H])c(-c5c([2H])c([2H])c6sc7c([2H])c([2H])c([2H])c([2H])c7c6c5[2H])c([2H])c4c3c2)c2c([2H])c([2H])c([2H])c3oc4c([2H])c([2H])c([2H])cc4c23)c([2H])c([2H])c1[2H]. The van der Waals surface area contributed by atoms with Crippen molar-refractivity contribution in [2.45, 2.75) is 0 Å². The van der Waals surface area contributed by atoms with Crippen LogP contribution in [0, 0.1) is 0 Å². The Bertz CT molecular complexity index is 3910. The molecule has 0 bridgehead atoms. The van der Waals surface area contributed by atoms with E-state index in [1.54, 1.807) is 0 Å². The Morgan fingerprint density at radius 2 is 1.24 bits per heavy atom. The van der Waals surface area contributed by atoms with Crippen molar-refractivity contribution in [2.24, 2.45) is 0 Å². The highest BCUT2D eigenvalue weighted by molar-refractivity contribution is 7.25. The largest absolute Gasteiger partial charge is 0.456 e. The Morgan fingerprint density at radius 1 is 0.478 bits per heavy atom. The minimum atomic E-state index is -0.682. The van der Waals surface area contributed by atoms with Gasteiger partial charge < -0.3 is 13.7 Å². The molecule has 0 saturated carbocycles. The summed E-state index contributed by atoms with van der Waals surface area (Å²) in [4.78, 5) is 1.19. The van der Waals surface area contributed by atoms with Crippen LogP contribution >= 0.6 is 11.3 Å². The first-order valence-electron chi connectivity index (χ1n) is 23.8. The van der Waals surface area contributed by atoms with Crippen LogP contribution in [0.5, 0.6) is 0 Å². The van der Waals surface area contributed by atoms with Crippen molar-refractivity contribution in [3.8, 4) is 11.1 Å². The second kappa shape index (κ2) is 9.83. The molecule has 0 fully saturated rings. The third-order valence-corrected chi connectivity index (χ3v) is 8.64. The maximum Gasteiger partial charge on any atom is 0.137 e. The van der Waals surface area contributed by atoms with Gasteiger partial charge in [-0.3, -0.25) is 0 Å². The number of fused-ring (bicyclic) bond motifs is 9.